The predicted octanol–water partition coefficient (Wildman–Crippen LogP) is -0.882. The zero-order valence-electron chi connectivity index (χ0n) is 31.5. The third kappa shape index (κ3) is 7.98. The fraction of sp³-hybridized carbons (Fsp3) is 0.972. The van der Waals surface area contributed by atoms with Crippen molar-refractivity contribution in [2.24, 2.45) is 35.5 Å². The van der Waals surface area contributed by atoms with Crippen molar-refractivity contribution in [2.75, 3.05) is 13.7 Å². The van der Waals surface area contributed by atoms with Gasteiger partial charge in [-0.15, -0.1) is 0 Å². The maximum absolute atomic E-state index is 11.7. The molecule has 4 unspecified atom stereocenters. The van der Waals surface area contributed by atoms with Crippen LogP contribution in [-0.4, -0.2) is 106 Å². The van der Waals surface area contributed by atoms with Crippen LogP contribution in [0.2, 0.25) is 0 Å². The number of aliphatic hydroxyl groups is 3. The summed E-state index contributed by atoms with van der Waals surface area (Å²) >= 11 is 0. The number of ether oxygens (including phenoxy) is 6. The molecule has 0 saturated carbocycles. The van der Waals surface area contributed by atoms with E-state index in [0.29, 0.717) is 19.3 Å². The summed E-state index contributed by atoms with van der Waals surface area (Å²) in [5, 5.41) is 43.9. The zero-order chi connectivity index (χ0) is 34.7. The van der Waals surface area contributed by atoms with Crippen molar-refractivity contribution in [1.29, 1.82) is 0 Å². The van der Waals surface area contributed by atoms with Crippen molar-refractivity contribution in [3.05, 3.63) is 0 Å². The monoisotopic (exact) mass is 710 g/mol. The Morgan fingerprint density at radius 2 is 1.71 bits per heavy atom. The fourth-order valence-corrected chi connectivity index (χ4v) is 9.91. The molecule has 1 spiro atoms. The number of carbonyl (C=O) groups excluding carboxylic acids is 1. The van der Waals surface area contributed by atoms with Crippen LogP contribution in [0.15, 0.2) is 0 Å². The second-order valence-corrected chi connectivity index (χ2v) is 16.3. The second kappa shape index (κ2) is 16.2. The molecule has 280 valence electrons. The summed E-state index contributed by atoms with van der Waals surface area (Å²) in [4.78, 5) is 11.7. The van der Waals surface area contributed by atoms with Gasteiger partial charge in [-0.1, -0.05) is 48.5 Å². The number of hydrogen-bond acceptors (Lipinski definition) is 11. The third-order valence-electron chi connectivity index (χ3n) is 13.0. The Bertz CT molecular complexity index is 1120. The molecule has 5 rings (SSSR count). The number of rotatable bonds is 10. The number of carbonyl (C=O) groups is 1. The molecule has 0 bridgehead atoms. The van der Waals surface area contributed by atoms with Gasteiger partial charge in [0.25, 0.3) is 0 Å². The largest absolute Gasteiger partial charge is 1.00 e. The van der Waals surface area contributed by atoms with Crippen LogP contribution in [0.5, 0.6) is 0 Å². The second-order valence-electron chi connectivity index (χ2n) is 16.3. The van der Waals surface area contributed by atoms with Gasteiger partial charge in [0.15, 0.2) is 11.6 Å². The molecule has 13 heteroatoms. The van der Waals surface area contributed by atoms with Crippen molar-refractivity contribution in [3.63, 3.8) is 0 Å². The van der Waals surface area contributed by atoms with Gasteiger partial charge < -0.3 is 59.1 Å². The van der Waals surface area contributed by atoms with E-state index < -0.39 is 59.6 Å². The Labute approximate surface area is 314 Å². The van der Waals surface area contributed by atoms with Crippen LogP contribution in [0.25, 0.3) is 0 Å². The summed E-state index contributed by atoms with van der Waals surface area (Å²) in [6, 6.07) is 0. The minimum absolute atomic E-state index is 0. The van der Waals surface area contributed by atoms with Crippen LogP contribution < -0.4 is 34.7 Å². The van der Waals surface area contributed by atoms with Crippen LogP contribution in [0, 0.1) is 35.5 Å². The summed E-state index contributed by atoms with van der Waals surface area (Å²) in [5.41, 5.74) is -1.16. The van der Waals surface area contributed by atoms with E-state index in [1.165, 1.54) is 7.11 Å². The van der Waals surface area contributed by atoms with Crippen molar-refractivity contribution < 1.29 is 88.7 Å². The number of carboxylic acid groups (broad SMARTS) is 1. The Hall–Kier alpha value is 0.0700. The molecule has 5 fully saturated rings. The van der Waals surface area contributed by atoms with Crippen molar-refractivity contribution in [2.45, 2.75) is 172 Å². The van der Waals surface area contributed by atoms with E-state index in [4.69, 9.17) is 28.4 Å². The summed E-state index contributed by atoms with van der Waals surface area (Å²) in [6.07, 6.45) is 2.81. The van der Waals surface area contributed by atoms with Gasteiger partial charge in [0.05, 0.1) is 60.5 Å². The van der Waals surface area contributed by atoms with Crippen molar-refractivity contribution in [3.8, 4) is 0 Å². The van der Waals surface area contributed by atoms with Crippen LogP contribution >= 0.6 is 0 Å². The summed E-state index contributed by atoms with van der Waals surface area (Å²) in [5.74, 6) is -4.97. The summed E-state index contributed by atoms with van der Waals surface area (Å²) in [6.45, 7) is 15.4. The Morgan fingerprint density at radius 3 is 2.31 bits per heavy atom. The summed E-state index contributed by atoms with van der Waals surface area (Å²) in [7, 11) is 1.50. The van der Waals surface area contributed by atoms with Gasteiger partial charge in [0.1, 0.15) is 0 Å². The van der Waals surface area contributed by atoms with Crippen LogP contribution in [0.1, 0.15) is 107 Å². The zero-order valence-corrected chi connectivity index (χ0v) is 33.5. The first-order valence-corrected chi connectivity index (χ1v) is 18.1. The normalized spacial score (nSPS) is 48.8. The van der Waals surface area contributed by atoms with Gasteiger partial charge in [-0.05, 0) is 57.3 Å². The smallest absolute Gasteiger partial charge is 0.550 e. The third-order valence-corrected chi connectivity index (χ3v) is 13.0. The quantitative estimate of drug-likeness (QED) is 0.239. The maximum Gasteiger partial charge on any atom is 1.00 e. The van der Waals surface area contributed by atoms with Gasteiger partial charge in [-0.3, -0.25) is 0 Å². The number of aliphatic carboxylic acids is 1. The summed E-state index contributed by atoms with van der Waals surface area (Å²) < 4.78 is 39.3. The molecule has 17 atom stereocenters. The SMILES string of the molecule is CC[C@@]1(C2O[C@@H]([C@H]3O[C@@](O)(CO)[C@H](C)C[C@@H]3C)C[C@@H]2C)CCC([C@]2(C)CC[C@]3(C[C@H](O)[C@@H](C)C([C@@H](C)[C@H](OC)C(C)C(=O)[O-])O3)O2)O1.O.[Na+]. The van der Waals surface area contributed by atoms with E-state index in [-0.39, 0.29) is 89.0 Å². The van der Waals surface area contributed by atoms with Crippen LogP contribution in [0.4, 0.5) is 0 Å². The van der Waals surface area contributed by atoms with E-state index in [2.05, 4.69) is 27.7 Å². The Kier molecular flexibility index (Phi) is 14.4. The Morgan fingerprint density at radius 1 is 1.04 bits per heavy atom. The first-order valence-electron chi connectivity index (χ1n) is 18.1. The molecule has 5 aliphatic rings. The van der Waals surface area contributed by atoms with Crippen molar-refractivity contribution >= 4 is 5.97 Å². The van der Waals surface area contributed by atoms with E-state index in [1.54, 1.807) is 6.92 Å². The molecule has 5 saturated heterocycles. The first kappa shape index (κ1) is 43.5. The maximum atomic E-state index is 11.7. The molecule has 0 aliphatic carbocycles. The van der Waals surface area contributed by atoms with Gasteiger partial charge in [0, 0.05) is 49.6 Å². The van der Waals surface area contributed by atoms with Crippen molar-refractivity contribution in [1.82, 2.24) is 0 Å². The molecule has 0 aromatic rings. The van der Waals surface area contributed by atoms with Gasteiger partial charge in [-0.2, -0.15) is 0 Å². The molecule has 0 aromatic heterocycles. The number of aliphatic hydroxyl groups excluding tert-OH is 2. The molecule has 0 aromatic carbocycles. The molecule has 49 heavy (non-hydrogen) atoms. The van der Waals surface area contributed by atoms with E-state index in [9.17, 15) is 25.2 Å². The van der Waals surface area contributed by atoms with Gasteiger partial charge in [0.2, 0.25) is 0 Å². The first-order chi connectivity index (χ1) is 22.0. The van der Waals surface area contributed by atoms with E-state index in [1.807, 2.05) is 20.8 Å². The predicted molar refractivity (Wildman–Crippen MR) is 173 cm³/mol. The minimum atomic E-state index is -1.57. The average molecular weight is 711 g/mol. The van der Waals surface area contributed by atoms with Gasteiger partial charge in [-0.25, -0.2) is 0 Å². The number of methoxy groups -OCH3 is 1. The average Bonchev–Trinajstić information content (AvgIpc) is 3.73. The molecule has 5 heterocycles. The van der Waals surface area contributed by atoms with Crippen LogP contribution in [-0.2, 0) is 33.2 Å². The molecular weight excluding hydrogens is 647 g/mol. The van der Waals surface area contributed by atoms with E-state index >= 15 is 0 Å². The topological polar surface area (TPSA) is 188 Å². The standard InChI is InChI=1S/C36H62O11.Na.H2O/c1-10-34(31-20(3)16-26(43-31)28-19(2)15-21(4)36(41,18-37)46-28)12-11-27(44-34)33(8)13-14-35(47-33)17-25(38)22(5)30(45-35)23(6)29(42-9)24(7)32(39)40;;/h19-31,37-38,41H,10-18H2,1-9H3,(H,39,40);;1H2/q;+1;/p-1/t19-,20-,21+,22+,23-,24?,25-,26+,27?,28-,29-,30?,31?,33-,34-,35+,36-;;/m0../s1. The van der Waals surface area contributed by atoms with E-state index in [0.717, 1.165) is 32.1 Å². The van der Waals surface area contributed by atoms with Gasteiger partial charge >= 0.3 is 29.6 Å². The molecule has 5 aliphatic heterocycles. The molecule has 12 nitrogen and oxygen atoms in total. The molecule has 5 N–H and O–H groups in total. The molecular formula is C36H63NaO12. The number of hydrogen-bond donors (Lipinski definition) is 3. The fourth-order valence-electron chi connectivity index (χ4n) is 9.91. The molecule has 0 amide bonds. The molecule has 0 radical (unpaired) electrons. The van der Waals surface area contributed by atoms with Crippen LogP contribution in [0.3, 0.4) is 0 Å². The number of carboxylic acids is 1. The Balaban J connectivity index is 0.00000325. The minimum Gasteiger partial charge on any atom is -0.550 e.